The average molecular weight is 518 g/mol. The number of anilines is 2. The normalized spacial score (nSPS) is 19.6. The Bertz CT molecular complexity index is 1520. The number of carbonyl (C=O) groups excluding carboxylic acids is 1. The third-order valence-corrected chi connectivity index (χ3v) is 7.62. The number of benzene rings is 1. The number of carbonyl (C=O) groups is 1. The number of halogens is 2. The lowest BCUT2D eigenvalue weighted by molar-refractivity contribution is -0.123. The van der Waals surface area contributed by atoms with Crippen molar-refractivity contribution in [3.8, 4) is 11.1 Å². The highest BCUT2D eigenvalue weighted by Gasteiger charge is 2.39. The highest BCUT2D eigenvalue weighted by atomic mass is 19.1. The lowest BCUT2D eigenvalue weighted by Crippen LogP contribution is -2.42. The molecule has 8 nitrogen and oxygen atoms in total. The minimum atomic E-state index is -0.562. The Labute approximate surface area is 219 Å². The third-order valence-electron chi connectivity index (χ3n) is 7.62. The molecule has 2 bridgehead atoms. The molecule has 2 fully saturated rings. The van der Waals surface area contributed by atoms with Crippen LogP contribution in [0.2, 0.25) is 0 Å². The number of hydrogen-bond acceptors (Lipinski definition) is 7. The van der Waals surface area contributed by atoms with Gasteiger partial charge in [-0.1, -0.05) is 0 Å². The summed E-state index contributed by atoms with van der Waals surface area (Å²) in [6.45, 7) is 6.53. The maximum atomic E-state index is 15.0. The molecule has 2 atom stereocenters. The van der Waals surface area contributed by atoms with Crippen molar-refractivity contribution in [1.82, 2.24) is 29.4 Å². The van der Waals surface area contributed by atoms with Crippen LogP contribution in [0.5, 0.6) is 0 Å². The van der Waals surface area contributed by atoms with Crippen molar-refractivity contribution < 1.29 is 13.6 Å². The van der Waals surface area contributed by atoms with Crippen LogP contribution in [0.15, 0.2) is 36.8 Å². The predicted octanol–water partition coefficient (Wildman–Crippen LogP) is 5.50. The van der Waals surface area contributed by atoms with E-state index in [0.29, 0.717) is 65.9 Å². The Balaban J connectivity index is 1.23. The van der Waals surface area contributed by atoms with Gasteiger partial charge in [0.2, 0.25) is 5.95 Å². The zero-order chi connectivity index (χ0) is 26.6. The standard InChI is InChI=1S/C28H29F2N7O/c1-15(2)37-16(3)34-27-23(29)6-18(7-25(27)37)22-10-26(31-13-24(22)30)35-28-32-11-17(12-33-28)14-36-19-4-5-20(36)9-21(38)8-19/h6-7,10-13,15,19-20H,4-5,8-9,14H2,1-3H3,(H,31,32,33,35). The Morgan fingerprint density at radius 3 is 2.39 bits per heavy atom. The van der Waals surface area contributed by atoms with Crippen LogP contribution in [0.3, 0.4) is 0 Å². The highest BCUT2D eigenvalue weighted by Crippen LogP contribution is 2.35. The van der Waals surface area contributed by atoms with E-state index in [1.165, 1.54) is 12.1 Å². The van der Waals surface area contributed by atoms with E-state index in [4.69, 9.17) is 0 Å². The average Bonchev–Trinajstić information content (AvgIpc) is 3.33. The van der Waals surface area contributed by atoms with Gasteiger partial charge in [0.15, 0.2) is 5.82 Å². The lowest BCUT2D eigenvalue weighted by Gasteiger charge is -2.33. The number of fused-ring (bicyclic) bond motifs is 3. The van der Waals surface area contributed by atoms with Crippen LogP contribution in [0.4, 0.5) is 20.5 Å². The molecule has 4 aromatic rings. The number of pyridine rings is 1. The molecule has 0 radical (unpaired) electrons. The summed E-state index contributed by atoms with van der Waals surface area (Å²) in [5.74, 6) is 0.662. The predicted molar refractivity (Wildman–Crippen MR) is 140 cm³/mol. The third kappa shape index (κ3) is 4.42. The van der Waals surface area contributed by atoms with Crippen molar-refractivity contribution in [2.75, 3.05) is 5.32 Å². The largest absolute Gasteiger partial charge is 0.326 e. The summed E-state index contributed by atoms with van der Waals surface area (Å²) in [6, 6.07) is 5.28. The highest BCUT2D eigenvalue weighted by molar-refractivity contribution is 5.84. The Morgan fingerprint density at radius 2 is 1.71 bits per heavy atom. The van der Waals surface area contributed by atoms with Crippen molar-refractivity contribution in [2.45, 2.75) is 71.1 Å². The SMILES string of the molecule is Cc1nc2c(F)cc(-c3cc(Nc4ncc(CN5C6CCC5CC(=O)C6)cn4)ncc3F)cc2n1C(C)C. The molecule has 0 saturated carbocycles. The van der Waals surface area contributed by atoms with Gasteiger partial charge in [-0.25, -0.2) is 28.7 Å². The molecule has 2 saturated heterocycles. The van der Waals surface area contributed by atoms with Gasteiger partial charge >= 0.3 is 0 Å². The molecule has 2 unspecified atom stereocenters. The fraction of sp³-hybridized carbons (Fsp3) is 0.393. The van der Waals surface area contributed by atoms with Gasteiger partial charge in [0.25, 0.3) is 0 Å². The molecule has 5 heterocycles. The molecular formula is C28H29F2N7O. The number of ketones is 1. The van der Waals surface area contributed by atoms with Crippen LogP contribution in [0.25, 0.3) is 22.2 Å². The van der Waals surface area contributed by atoms with E-state index in [1.807, 2.05) is 25.3 Å². The van der Waals surface area contributed by atoms with E-state index >= 15 is 0 Å². The molecule has 6 rings (SSSR count). The molecule has 0 aliphatic carbocycles. The molecule has 38 heavy (non-hydrogen) atoms. The number of rotatable bonds is 6. The second kappa shape index (κ2) is 9.50. The Hall–Kier alpha value is -3.79. The monoisotopic (exact) mass is 517 g/mol. The zero-order valence-electron chi connectivity index (χ0n) is 21.6. The van der Waals surface area contributed by atoms with E-state index in [1.54, 1.807) is 18.5 Å². The summed E-state index contributed by atoms with van der Waals surface area (Å²) < 4.78 is 31.8. The van der Waals surface area contributed by atoms with Gasteiger partial charge in [-0.05, 0) is 57.4 Å². The minimum absolute atomic E-state index is 0.0712. The van der Waals surface area contributed by atoms with Crippen molar-refractivity contribution in [3.05, 3.63) is 59.8 Å². The van der Waals surface area contributed by atoms with Gasteiger partial charge in [-0.3, -0.25) is 9.69 Å². The molecule has 1 aromatic carbocycles. The van der Waals surface area contributed by atoms with E-state index < -0.39 is 11.6 Å². The van der Waals surface area contributed by atoms with Gasteiger partial charge in [0.05, 0.1) is 11.7 Å². The molecule has 196 valence electrons. The zero-order valence-corrected chi connectivity index (χ0v) is 21.6. The van der Waals surface area contributed by atoms with Gasteiger partial charge < -0.3 is 9.88 Å². The van der Waals surface area contributed by atoms with Gasteiger partial charge in [-0.2, -0.15) is 0 Å². The van der Waals surface area contributed by atoms with Crippen LogP contribution in [0, 0.1) is 18.6 Å². The van der Waals surface area contributed by atoms with E-state index in [0.717, 1.165) is 24.6 Å². The first-order valence-corrected chi connectivity index (χ1v) is 13.0. The molecule has 1 N–H and O–H groups in total. The summed E-state index contributed by atoms with van der Waals surface area (Å²) in [4.78, 5) is 31.6. The van der Waals surface area contributed by atoms with Gasteiger partial charge in [0.1, 0.15) is 28.8 Å². The van der Waals surface area contributed by atoms with E-state index in [-0.39, 0.29) is 17.1 Å². The van der Waals surface area contributed by atoms with E-state index in [9.17, 15) is 13.6 Å². The maximum absolute atomic E-state index is 15.0. The molecular weight excluding hydrogens is 488 g/mol. The smallest absolute Gasteiger partial charge is 0.228 e. The van der Waals surface area contributed by atoms with Crippen molar-refractivity contribution in [3.63, 3.8) is 0 Å². The van der Waals surface area contributed by atoms with Crippen LogP contribution in [-0.2, 0) is 11.3 Å². The van der Waals surface area contributed by atoms with Crippen LogP contribution in [0.1, 0.15) is 57.0 Å². The topological polar surface area (TPSA) is 88.8 Å². The van der Waals surface area contributed by atoms with Crippen molar-refractivity contribution >= 4 is 28.6 Å². The Kier molecular flexibility index (Phi) is 6.14. The number of nitrogens with one attached hydrogen (secondary N) is 1. The summed E-state index contributed by atoms with van der Waals surface area (Å²) in [6.07, 6.45) is 8.00. The summed E-state index contributed by atoms with van der Waals surface area (Å²) in [5, 5.41) is 3.02. The second-order valence-electron chi connectivity index (χ2n) is 10.5. The first-order valence-electron chi connectivity index (χ1n) is 13.0. The number of piperidine rings is 1. The fourth-order valence-electron chi connectivity index (χ4n) is 5.95. The van der Waals surface area contributed by atoms with Crippen molar-refractivity contribution in [2.24, 2.45) is 0 Å². The molecule has 0 amide bonds. The maximum Gasteiger partial charge on any atom is 0.228 e. The molecule has 0 spiro atoms. The first kappa shape index (κ1) is 24.5. The number of Topliss-reactive ketones (excluding diaryl/α,β-unsaturated/α-hetero) is 1. The van der Waals surface area contributed by atoms with Crippen LogP contribution in [-0.4, -0.2) is 47.3 Å². The molecule has 3 aromatic heterocycles. The first-order chi connectivity index (χ1) is 18.3. The minimum Gasteiger partial charge on any atom is -0.326 e. The number of nitrogens with zero attached hydrogens (tertiary/aromatic N) is 6. The lowest BCUT2D eigenvalue weighted by atomic mass is 10.0. The summed E-state index contributed by atoms with van der Waals surface area (Å²) >= 11 is 0. The Morgan fingerprint density at radius 1 is 1.00 bits per heavy atom. The fourth-order valence-corrected chi connectivity index (χ4v) is 5.95. The number of imidazole rings is 1. The molecule has 2 aliphatic heterocycles. The molecule has 10 heteroatoms. The van der Waals surface area contributed by atoms with Crippen LogP contribution >= 0.6 is 0 Å². The van der Waals surface area contributed by atoms with Gasteiger partial charge in [-0.15, -0.1) is 0 Å². The quantitative estimate of drug-likeness (QED) is 0.362. The molecule has 2 aliphatic rings. The second-order valence-corrected chi connectivity index (χ2v) is 10.5. The van der Waals surface area contributed by atoms with Crippen molar-refractivity contribution in [1.29, 1.82) is 0 Å². The van der Waals surface area contributed by atoms with Crippen LogP contribution < -0.4 is 5.32 Å². The van der Waals surface area contributed by atoms with E-state index in [2.05, 4.69) is 30.2 Å². The summed E-state index contributed by atoms with van der Waals surface area (Å²) in [5.41, 5.74) is 2.46. The number of aromatic nitrogens is 5. The number of hydrogen-bond donors (Lipinski definition) is 1. The van der Waals surface area contributed by atoms with Gasteiger partial charge in [0, 0.05) is 61.0 Å². The summed E-state index contributed by atoms with van der Waals surface area (Å²) in [7, 11) is 0. The number of aryl methyl sites for hydroxylation is 1.